The summed E-state index contributed by atoms with van der Waals surface area (Å²) >= 11 is 0. The van der Waals surface area contributed by atoms with E-state index in [4.69, 9.17) is 0 Å². The Kier molecular flexibility index (Phi) is 3.32. The zero-order chi connectivity index (χ0) is 10.8. The van der Waals surface area contributed by atoms with Crippen molar-refractivity contribution in [2.24, 2.45) is 12.5 Å². The number of rotatable bonds is 3. The first-order valence-corrected chi connectivity index (χ1v) is 5.05. The molecule has 3 nitrogen and oxygen atoms in total. The highest BCUT2D eigenvalue weighted by molar-refractivity contribution is 4.92. The fourth-order valence-electron chi connectivity index (χ4n) is 1.34. The second-order valence-corrected chi connectivity index (χ2v) is 4.87. The molecule has 1 unspecified atom stereocenters. The van der Waals surface area contributed by atoms with Crippen LogP contribution in [-0.2, 0) is 13.5 Å². The van der Waals surface area contributed by atoms with E-state index in [1.54, 1.807) is 6.20 Å². The minimum absolute atomic E-state index is 0.0365. The molecule has 0 fully saturated rings. The van der Waals surface area contributed by atoms with Crippen LogP contribution in [0.5, 0.6) is 0 Å². The Morgan fingerprint density at radius 1 is 1.50 bits per heavy atom. The summed E-state index contributed by atoms with van der Waals surface area (Å²) in [5.74, 6) is 1.04. The van der Waals surface area contributed by atoms with E-state index < -0.39 is 0 Å². The number of hydrogen-bond donors (Lipinski definition) is 1. The van der Waals surface area contributed by atoms with Crippen LogP contribution in [0.2, 0.25) is 0 Å². The predicted molar refractivity (Wildman–Crippen MR) is 57.0 cm³/mol. The van der Waals surface area contributed by atoms with E-state index in [1.165, 1.54) is 0 Å². The van der Waals surface area contributed by atoms with E-state index in [-0.39, 0.29) is 11.5 Å². The normalized spacial score (nSPS) is 14.4. The first-order chi connectivity index (χ1) is 6.41. The smallest absolute Gasteiger partial charge is 0.108 e. The number of nitrogens with zero attached hydrogens (tertiary/aromatic N) is 2. The van der Waals surface area contributed by atoms with Crippen molar-refractivity contribution in [3.05, 3.63) is 18.2 Å². The lowest BCUT2D eigenvalue weighted by atomic mass is 9.86. The minimum Gasteiger partial charge on any atom is -0.393 e. The summed E-state index contributed by atoms with van der Waals surface area (Å²) < 4.78 is 2.00. The van der Waals surface area contributed by atoms with Crippen LogP contribution >= 0.6 is 0 Å². The van der Waals surface area contributed by atoms with Crippen LogP contribution in [0.4, 0.5) is 0 Å². The van der Waals surface area contributed by atoms with Crippen molar-refractivity contribution < 1.29 is 5.11 Å². The van der Waals surface area contributed by atoms with Gasteiger partial charge in [-0.25, -0.2) is 4.98 Å². The van der Waals surface area contributed by atoms with Crippen molar-refractivity contribution in [3.8, 4) is 0 Å². The van der Waals surface area contributed by atoms with Gasteiger partial charge in [0.15, 0.2) is 0 Å². The van der Waals surface area contributed by atoms with Gasteiger partial charge in [0.2, 0.25) is 0 Å². The molecular formula is C11H20N2O. The van der Waals surface area contributed by atoms with Crippen molar-refractivity contribution >= 4 is 0 Å². The number of aryl methyl sites for hydroxylation is 2. The molecule has 1 atom stereocenters. The van der Waals surface area contributed by atoms with Crippen molar-refractivity contribution in [1.82, 2.24) is 9.55 Å². The van der Waals surface area contributed by atoms with Gasteiger partial charge in [0.25, 0.3) is 0 Å². The summed E-state index contributed by atoms with van der Waals surface area (Å²) in [5.41, 5.74) is -0.0365. The second-order valence-electron chi connectivity index (χ2n) is 4.87. The van der Waals surface area contributed by atoms with Gasteiger partial charge in [0.05, 0.1) is 6.10 Å². The van der Waals surface area contributed by atoms with Crippen LogP contribution in [0, 0.1) is 5.41 Å². The van der Waals surface area contributed by atoms with Crippen LogP contribution < -0.4 is 0 Å². The predicted octanol–water partition coefficient (Wildman–Crippen LogP) is 1.76. The summed E-state index contributed by atoms with van der Waals surface area (Å²) in [5, 5.41) is 9.84. The molecule has 0 bridgehead atoms. The van der Waals surface area contributed by atoms with Gasteiger partial charge in [0.1, 0.15) is 5.82 Å². The minimum atomic E-state index is -0.265. The molecule has 3 heteroatoms. The highest BCUT2D eigenvalue weighted by Gasteiger charge is 2.21. The van der Waals surface area contributed by atoms with E-state index in [0.29, 0.717) is 0 Å². The van der Waals surface area contributed by atoms with Crippen LogP contribution in [-0.4, -0.2) is 20.8 Å². The van der Waals surface area contributed by atoms with E-state index in [0.717, 1.165) is 18.7 Å². The Balaban J connectivity index is 2.46. The zero-order valence-electron chi connectivity index (χ0n) is 9.49. The Labute approximate surface area is 85.8 Å². The average molecular weight is 196 g/mol. The standard InChI is InChI=1S/C11H20N2O/c1-11(2,3)9(14)5-6-10-12-7-8-13(10)4/h7-9,14H,5-6H2,1-4H3. The largest absolute Gasteiger partial charge is 0.393 e. The maximum absolute atomic E-state index is 9.84. The molecule has 1 heterocycles. The van der Waals surface area contributed by atoms with Gasteiger partial charge in [0, 0.05) is 25.9 Å². The Hall–Kier alpha value is -0.830. The summed E-state index contributed by atoms with van der Waals surface area (Å²) in [6.45, 7) is 6.16. The third-order valence-corrected chi connectivity index (χ3v) is 2.56. The molecule has 1 aromatic heterocycles. The number of aliphatic hydroxyl groups is 1. The molecule has 1 aromatic rings. The molecule has 0 saturated carbocycles. The Bertz CT molecular complexity index is 286. The number of aliphatic hydroxyl groups excluding tert-OH is 1. The molecule has 0 saturated heterocycles. The van der Waals surface area contributed by atoms with Crippen LogP contribution in [0.15, 0.2) is 12.4 Å². The fourth-order valence-corrected chi connectivity index (χ4v) is 1.34. The first kappa shape index (κ1) is 11.2. The Morgan fingerprint density at radius 2 is 2.14 bits per heavy atom. The van der Waals surface area contributed by atoms with Gasteiger partial charge in [-0.05, 0) is 11.8 Å². The van der Waals surface area contributed by atoms with E-state index in [1.807, 2.05) is 17.8 Å². The topological polar surface area (TPSA) is 38.0 Å². The quantitative estimate of drug-likeness (QED) is 0.800. The van der Waals surface area contributed by atoms with Crippen molar-refractivity contribution in [3.63, 3.8) is 0 Å². The van der Waals surface area contributed by atoms with Gasteiger partial charge in [-0.2, -0.15) is 0 Å². The van der Waals surface area contributed by atoms with E-state index in [2.05, 4.69) is 25.8 Å². The molecule has 0 aliphatic rings. The summed E-state index contributed by atoms with van der Waals surface area (Å²) in [4.78, 5) is 4.22. The average Bonchev–Trinajstić information content (AvgIpc) is 2.45. The SMILES string of the molecule is Cn1ccnc1CCC(O)C(C)(C)C. The number of aromatic nitrogens is 2. The van der Waals surface area contributed by atoms with E-state index >= 15 is 0 Å². The molecule has 0 aliphatic heterocycles. The highest BCUT2D eigenvalue weighted by Crippen LogP contribution is 2.22. The maximum atomic E-state index is 9.84. The number of imidazole rings is 1. The fraction of sp³-hybridized carbons (Fsp3) is 0.727. The summed E-state index contributed by atoms with van der Waals surface area (Å²) in [7, 11) is 1.98. The molecule has 14 heavy (non-hydrogen) atoms. The highest BCUT2D eigenvalue weighted by atomic mass is 16.3. The van der Waals surface area contributed by atoms with Crippen molar-refractivity contribution in [2.75, 3.05) is 0 Å². The molecule has 0 radical (unpaired) electrons. The second kappa shape index (κ2) is 4.13. The summed E-state index contributed by atoms with van der Waals surface area (Å²) in [6, 6.07) is 0. The van der Waals surface area contributed by atoms with Gasteiger partial charge in [-0.3, -0.25) is 0 Å². The molecule has 0 aromatic carbocycles. The molecule has 1 rings (SSSR count). The monoisotopic (exact) mass is 196 g/mol. The molecule has 1 N–H and O–H groups in total. The maximum Gasteiger partial charge on any atom is 0.108 e. The lowest BCUT2D eigenvalue weighted by Gasteiger charge is -2.25. The molecule has 0 spiro atoms. The van der Waals surface area contributed by atoms with Gasteiger partial charge in [-0.1, -0.05) is 20.8 Å². The van der Waals surface area contributed by atoms with Gasteiger partial charge in [-0.15, -0.1) is 0 Å². The third-order valence-electron chi connectivity index (χ3n) is 2.56. The molecule has 0 aliphatic carbocycles. The van der Waals surface area contributed by atoms with Crippen LogP contribution in [0.3, 0.4) is 0 Å². The van der Waals surface area contributed by atoms with Crippen LogP contribution in [0.25, 0.3) is 0 Å². The Morgan fingerprint density at radius 3 is 2.57 bits per heavy atom. The van der Waals surface area contributed by atoms with Crippen LogP contribution in [0.1, 0.15) is 33.0 Å². The number of hydrogen-bond acceptors (Lipinski definition) is 2. The first-order valence-electron chi connectivity index (χ1n) is 5.05. The zero-order valence-corrected chi connectivity index (χ0v) is 9.49. The van der Waals surface area contributed by atoms with E-state index in [9.17, 15) is 5.11 Å². The molecule has 80 valence electrons. The van der Waals surface area contributed by atoms with Gasteiger partial charge < -0.3 is 9.67 Å². The molecule has 0 amide bonds. The lowest BCUT2D eigenvalue weighted by molar-refractivity contribution is 0.0554. The third kappa shape index (κ3) is 2.84. The molecular weight excluding hydrogens is 176 g/mol. The lowest BCUT2D eigenvalue weighted by Crippen LogP contribution is -2.26. The van der Waals surface area contributed by atoms with Crippen molar-refractivity contribution in [2.45, 2.75) is 39.7 Å². The van der Waals surface area contributed by atoms with Crippen molar-refractivity contribution in [1.29, 1.82) is 0 Å². The van der Waals surface area contributed by atoms with Gasteiger partial charge >= 0.3 is 0 Å². The summed E-state index contributed by atoms with van der Waals surface area (Å²) in [6.07, 6.45) is 5.06.